The summed E-state index contributed by atoms with van der Waals surface area (Å²) in [7, 11) is 1.98. The second-order valence-corrected chi connectivity index (χ2v) is 3.93. The second kappa shape index (κ2) is 5.22. The minimum Gasteiger partial charge on any atom is -0.319 e. The molecule has 0 radical (unpaired) electrons. The van der Waals surface area contributed by atoms with Gasteiger partial charge in [0.15, 0.2) is 0 Å². The largest absolute Gasteiger partial charge is 0.319 e. The molecule has 1 rings (SSSR count). The van der Waals surface area contributed by atoms with E-state index >= 15 is 0 Å². The molecule has 0 aliphatic carbocycles. The Morgan fingerprint density at radius 3 is 2.50 bits per heavy atom. The quantitative estimate of drug-likeness (QED) is 0.565. The molecule has 0 spiro atoms. The van der Waals surface area contributed by atoms with Crippen molar-refractivity contribution in [1.82, 2.24) is 5.32 Å². The summed E-state index contributed by atoms with van der Waals surface area (Å²) in [5, 5.41) is 3.13. The van der Waals surface area contributed by atoms with Gasteiger partial charge in [-0.15, -0.1) is 11.8 Å². The molecule has 0 heterocycles. The third-order valence-corrected chi connectivity index (χ3v) is 2.66. The van der Waals surface area contributed by atoms with Gasteiger partial charge in [0.1, 0.15) is 0 Å². The van der Waals surface area contributed by atoms with Crippen molar-refractivity contribution in [3.63, 3.8) is 0 Å². The highest BCUT2D eigenvalue weighted by Gasteiger charge is 1.91. The van der Waals surface area contributed by atoms with Gasteiger partial charge in [-0.2, -0.15) is 0 Å². The summed E-state index contributed by atoms with van der Waals surface area (Å²) in [6, 6.07) is 8.66. The van der Waals surface area contributed by atoms with Crippen molar-refractivity contribution >= 4 is 11.8 Å². The molecular weight excluding hydrogens is 166 g/mol. The Morgan fingerprint density at radius 1 is 1.25 bits per heavy atom. The summed E-state index contributed by atoms with van der Waals surface area (Å²) in [4.78, 5) is 1.36. The molecule has 2 heteroatoms. The van der Waals surface area contributed by atoms with E-state index in [0.717, 1.165) is 12.3 Å². The molecule has 0 saturated heterocycles. The van der Waals surface area contributed by atoms with Gasteiger partial charge in [0.05, 0.1) is 0 Å². The Balaban J connectivity index is 2.37. The van der Waals surface area contributed by atoms with E-state index < -0.39 is 0 Å². The lowest BCUT2D eigenvalue weighted by Gasteiger charge is -2.00. The number of rotatable bonds is 4. The minimum absolute atomic E-state index is 1.07. The lowest BCUT2D eigenvalue weighted by atomic mass is 10.2. The van der Waals surface area contributed by atoms with Gasteiger partial charge in [0.25, 0.3) is 0 Å². The van der Waals surface area contributed by atoms with E-state index in [4.69, 9.17) is 0 Å². The van der Waals surface area contributed by atoms with E-state index in [1.807, 2.05) is 18.8 Å². The molecule has 12 heavy (non-hydrogen) atoms. The topological polar surface area (TPSA) is 12.0 Å². The van der Waals surface area contributed by atoms with Gasteiger partial charge in [-0.1, -0.05) is 17.7 Å². The molecule has 1 aromatic carbocycles. The van der Waals surface area contributed by atoms with Crippen LogP contribution in [0.4, 0.5) is 0 Å². The van der Waals surface area contributed by atoms with Crippen LogP contribution in [-0.2, 0) is 0 Å². The van der Waals surface area contributed by atoms with Crippen LogP contribution in [0.3, 0.4) is 0 Å². The lowest BCUT2D eigenvalue weighted by Crippen LogP contribution is -2.09. The summed E-state index contributed by atoms with van der Waals surface area (Å²) < 4.78 is 0. The first-order valence-corrected chi connectivity index (χ1v) is 5.15. The van der Waals surface area contributed by atoms with Crippen molar-refractivity contribution in [2.45, 2.75) is 11.8 Å². The number of hydrogen-bond acceptors (Lipinski definition) is 2. The molecule has 0 aromatic heterocycles. The summed E-state index contributed by atoms with van der Waals surface area (Å²) in [6.07, 6.45) is 0. The van der Waals surface area contributed by atoms with Gasteiger partial charge in [-0.25, -0.2) is 0 Å². The van der Waals surface area contributed by atoms with Crippen molar-refractivity contribution in [3.05, 3.63) is 29.8 Å². The van der Waals surface area contributed by atoms with Gasteiger partial charge >= 0.3 is 0 Å². The van der Waals surface area contributed by atoms with Crippen LogP contribution >= 0.6 is 11.8 Å². The summed E-state index contributed by atoms with van der Waals surface area (Å²) in [5.41, 5.74) is 1.33. The highest BCUT2D eigenvalue weighted by atomic mass is 32.2. The third-order valence-electron chi connectivity index (χ3n) is 1.64. The van der Waals surface area contributed by atoms with Crippen molar-refractivity contribution in [2.75, 3.05) is 19.3 Å². The molecule has 0 unspecified atom stereocenters. The third kappa shape index (κ3) is 3.28. The van der Waals surface area contributed by atoms with Crippen LogP contribution in [0.2, 0.25) is 0 Å². The Hall–Kier alpha value is -0.470. The molecule has 1 N–H and O–H groups in total. The van der Waals surface area contributed by atoms with E-state index in [2.05, 4.69) is 36.5 Å². The van der Waals surface area contributed by atoms with Crippen LogP contribution in [0.25, 0.3) is 0 Å². The number of aryl methyl sites for hydroxylation is 1. The normalized spacial score (nSPS) is 10.2. The molecule has 0 amide bonds. The molecule has 0 saturated carbocycles. The van der Waals surface area contributed by atoms with Crippen LogP contribution in [0.15, 0.2) is 29.2 Å². The number of hydrogen-bond donors (Lipinski definition) is 1. The van der Waals surface area contributed by atoms with Crippen LogP contribution in [0, 0.1) is 6.92 Å². The minimum atomic E-state index is 1.07. The fourth-order valence-corrected chi connectivity index (χ4v) is 1.78. The molecule has 0 fully saturated rings. The fourth-order valence-electron chi connectivity index (χ4n) is 0.905. The van der Waals surface area contributed by atoms with Gasteiger partial charge < -0.3 is 5.32 Å². The second-order valence-electron chi connectivity index (χ2n) is 2.77. The highest BCUT2D eigenvalue weighted by Crippen LogP contribution is 2.17. The maximum Gasteiger partial charge on any atom is 0.0105 e. The highest BCUT2D eigenvalue weighted by molar-refractivity contribution is 7.99. The van der Waals surface area contributed by atoms with Crippen molar-refractivity contribution in [3.8, 4) is 0 Å². The maximum atomic E-state index is 3.13. The van der Waals surface area contributed by atoms with Gasteiger partial charge in [-0.05, 0) is 26.1 Å². The Kier molecular flexibility index (Phi) is 4.19. The molecule has 66 valence electrons. The predicted molar refractivity (Wildman–Crippen MR) is 55.8 cm³/mol. The number of benzene rings is 1. The smallest absolute Gasteiger partial charge is 0.0105 e. The zero-order chi connectivity index (χ0) is 8.81. The first kappa shape index (κ1) is 9.62. The van der Waals surface area contributed by atoms with Crippen LogP contribution < -0.4 is 5.32 Å². The average Bonchev–Trinajstić information content (AvgIpc) is 2.09. The van der Waals surface area contributed by atoms with Crippen molar-refractivity contribution in [1.29, 1.82) is 0 Å². The van der Waals surface area contributed by atoms with Crippen molar-refractivity contribution < 1.29 is 0 Å². The van der Waals surface area contributed by atoms with Gasteiger partial charge in [-0.3, -0.25) is 0 Å². The standard InChI is InChI=1S/C10H15NS/c1-9-3-5-10(6-4-9)12-8-7-11-2/h3-6,11H,7-8H2,1-2H3. The molecule has 0 bridgehead atoms. The molecule has 0 aliphatic rings. The summed E-state index contributed by atoms with van der Waals surface area (Å²) in [6.45, 7) is 3.18. The van der Waals surface area contributed by atoms with Gasteiger partial charge in [0.2, 0.25) is 0 Å². The lowest BCUT2D eigenvalue weighted by molar-refractivity contribution is 0.872. The average molecular weight is 181 g/mol. The Labute approximate surface area is 78.6 Å². The summed E-state index contributed by atoms with van der Waals surface area (Å²) in [5.74, 6) is 1.14. The summed E-state index contributed by atoms with van der Waals surface area (Å²) >= 11 is 1.89. The van der Waals surface area contributed by atoms with E-state index in [1.54, 1.807) is 0 Å². The zero-order valence-corrected chi connectivity index (χ0v) is 8.45. The number of thioether (sulfide) groups is 1. The Bertz CT molecular complexity index is 218. The van der Waals surface area contributed by atoms with E-state index in [1.165, 1.54) is 10.5 Å². The zero-order valence-electron chi connectivity index (χ0n) is 7.63. The number of nitrogens with one attached hydrogen (secondary N) is 1. The monoisotopic (exact) mass is 181 g/mol. The molecule has 1 aromatic rings. The molecule has 0 aliphatic heterocycles. The predicted octanol–water partition coefficient (Wildman–Crippen LogP) is 2.31. The maximum absolute atomic E-state index is 3.13. The van der Waals surface area contributed by atoms with E-state index in [9.17, 15) is 0 Å². The van der Waals surface area contributed by atoms with E-state index in [0.29, 0.717) is 0 Å². The molecule has 0 atom stereocenters. The van der Waals surface area contributed by atoms with Crippen molar-refractivity contribution in [2.24, 2.45) is 0 Å². The van der Waals surface area contributed by atoms with Gasteiger partial charge in [0, 0.05) is 17.2 Å². The molecular formula is C10H15NS. The van der Waals surface area contributed by atoms with Crippen LogP contribution in [0.1, 0.15) is 5.56 Å². The molecule has 1 nitrogen and oxygen atoms in total. The first-order chi connectivity index (χ1) is 5.83. The van der Waals surface area contributed by atoms with Crippen LogP contribution in [0.5, 0.6) is 0 Å². The SMILES string of the molecule is CNCCSc1ccc(C)cc1. The first-order valence-electron chi connectivity index (χ1n) is 4.17. The van der Waals surface area contributed by atoms with E-state index in [-0.39, 0.29) is 0 Å². The fraction of sp³-hybridized carbons (Fsp3) is 0.400. The van der Waals surface area contributed by atoms with Crippen LogP contribution in [-0.4, -0.2) is 19.3 Å². The Morgan fingerprint density at radius 2 is 1.92 bits per heavy atom.